The van der Waals surface area contributed by atoms with Crippen molar-refractivity contribution in [2.75, 3.05) is 13.1 Å². The van der Waals surface area contributed by atoms with Crippen molar-refractivity contribution in [3.63, 3.8) is 0 Å². The summed E-state index contributed by atoms with van der Waals surface area (Å²) < 4.78 is 0. The molecule has 0 atom stereocenters. The number of urea groups is 1. The monoisotopic (exact) mass is 250 g/mol. The van der Waals surface area contributed by atoms with Crippen LogP contribution in [0.1, 0.15) is 33.1 Å². The lowest BCUT2D eigenvalue weighted by Crippen LogP contribution is -2.50. The zero-order chi connectivity index (χ0) is 11.4. The molecular weight excluding hydrogens is 232 g/mol. The van der Waals surface area contributed by atoms with Gasteiger partial charge in [-0.25, -0.2) is 14.5 Å². The number of rotatable bonds is 1. The molecule has 0 aromatic carbocycles. The Morgan fingerprint density at radius 1 is 1.19 bits per heavy atom. The number of amides is 3. The fraction of sp³-hybridized carbons (Fsp3) is 0.800. The summed E-state index contributed by atoms with van der Waals surface area (Å²) in [7, 11) is 0. The van der Waals surface area contributed by atoms with Gasteiger partial charge in [0.05, 0.1) is 0 Å². The molecule has 6 heteroatoms. The predicted octanol–water partition coefficient (Wildman–Crippen LogP) is 2.40. The summed E-state index contributed by atoms with van der Waals surface area (Å²) in [6.07, 6.45) is 1.90. The normalized spacial score (nSPS) is 15.6. The molecule has 1 rings (SSSR count). The van der Waals surface area contributed by atoms with Crippen molar-refractivity contribution in [2.45, 2.75) is 39.2 Å². The number of hydrogen-bond acceptors (Lipinski definition) is 2. The van der Waals surface area contributed by atoms with Crippen LogP contribution in [0.5, 0.6) is 0 Å². The molecule has 0 bridgehead atoms. The van der Waals surface area contributed by atoms with Gasteiger partial charge in [-0.15, -0.1) is 12.4 Å². The number of nitrogens with zero attached hydrogens (tertiary/aromatic N) is 2. The molecule has 94 valence electrons. The van der Waals surface area contributed by atoms with Crippen LogP contribution in [0.25, 0.3) is 0 Å². The lowest BCUT2D eigenvalue weighted by atomic mass is 10.1. The molecule has 1 heterocycles. The number of hydrogen-bond donors (Lipinski definition) is 1. The SMILES string of the molecule is CC(C)N(C(=O)O)C(=O)N1CCCCC1.Cl. The molecule has 1 aliphatic rings. The first kappa shape index (κ1) is 15.0. The minimum absolute atomic E-state index is 0. The number of carbonyl (C=O) groups is 2. The van der Waals surface area contributed by atoms with E-state index in [1.54, 1.807) is 18.7 Å². The number of likely N-dealkylation sites (tertiary alicyclic amines) is 1. The third kappa shape index (κ3) is 3.56. The third-order valence-electron chi connectivity index (χ3n) is 2.56. The molecule has 0 aliphatic carbocycles. The number of imide groups is 1. The van der Waals surface area contributed by atoms with Gasteiger partial charge in [0.1, 0.15) is 0 Å². The van der Waals surface area contributed by atoms with Gasteiger partial charge in [0, 0.05) is 19.1 Å². The van der Waals surface area contributed by atoms with E-state index in [1.165, 1.54) is 0 Å². The Labute approximate surface area is 102 Å². The highest BCUT2D eigenvalue weighted by Crippen LogP contribution is 2.13. The number of carboxylic acid groups (broad SMARTS) is 1. The van der Waals surface area contributed by atoms with E-state index in [2.05, 4.69) is 0 Å². The molecular formula is C10H19ClN2O3. The molecule has 0 aromatic rings. The zero-order valence-electron chi connectivity index (χ0n) is 9.68. The Morgan fingerprint density at radius 3 is 2.06 bits per heavy atom. The molecule has 0 aromatic heterocycles. The quantitative estimate of drug-likeness (QED) is 0.777. The minimum atomic E-state index is -1.17. The fourth-order valence-electron chi connectivity index (χ4n) is 1.76. The summed E-state index contributed by atoms with van der Waals surface area (Å²) in [5.74, 6) is 0. The summed E-state index contributed by atoms with van der Waals surface area (Å²) in [4.78, 5) is 25.3. The second kappa shape index (κ2) is 6.58. The Bertz CT molecular complexity index is 252. The summed E-state index contributed by atoms with van der Waals surface area (Å²) in [6, 6.07) is -0.686. The van der Waals surface area contributed by atoms with Gasteiger partial charge in [-0.1, -0.05) is 0 Å². The molecule has 1 N–H and O–H groups in total. The van der Waals surface area contributed by atoms with E-state index in [4.69, 9.17) is 5.11 Å². The highest BCUT2D eigenvalue weighted by Gasteiger charge is 2.29. The Hall–Kier alpha value is -0.970. The molecule has 3 amide bonds. The lowest BCUT2D eigenvalue weighted by Gasteiger charge is -2.32. The molecule has 1 fully saturated rings. The topological polar surface area (TPSA) is 60.9 Å². The summed E-state index contributed by atoms with van der Waals surface area (Å²) in [5, 5.41) is 8.92. The van der Waals surface area contributed by atoms with Crippen molar-refractivity contribution >= 4 is 24.5 Å². The van der Waals surface area contributed by atoms with E-state index in [0.717, 1.165) is 24.2 Å². The van der Waals surface area contributed by atoms with Crippen LogP contribution in [0.3, 0.4) is 0 Å². The fourth-order valence-corrected chi connectivity index (χ4v) is 1.76. The standard InChI is InChI=1S/C10H18N2O3.ClH/c1-8(2)12(10(14)15)9(13)11-6-4-3-5-7-11;/h8H,3-7H2,1-2H3,(H,14,15);1H. The largest absolute Gasteiger partial charge is 0.465 e. The number of halogens is 1. The second-order valence-corrected chi connectivity index (χ2v) is 4.08. The number of piperidine rings is 1. The summed E-state index contributed by atoms with van der Waals surface area (Å²) in [5.41, 5.74) is 0. The first-order valence-corrected chi connectivity index (χ1v) is 5.35. The van der Waals surface area contributed by atoms with Crippen molar-refractivity contribution in [3.8, 4) is 0 Å². The van der Waals surface area contributed by atoms with Crippen LogP contribution in [0.4, 0.5) is 9.59 Å². The molecule has 0 unspecified atom stereocenters. The van der Waals surface area contributed by atoms with Crippen LogP contribution < -0.4 is 0 Å². The Kier molecular flexibility index (Phi) is 6.18. The van der Waals surface area contributed by atoms with Gasteiger partial charge < -0.3 is 10.0 Å². The van der Waals surface area contributed by atoms with Gasteiger partial charge in [-0.3, -0.25) is 0 Å². The summed E-state index contributed by atoms with van der Waals surface area (Å²) >= 11 is 0. The zero-order valence-corrected chi connectivity index (χ0v) is 10.5. The highest BCUT2D eigenvalue weighted by molar-refractivity contribution is 5.90. The van der Waals surface area contributed by atoms with Crippen molar-refractivity contribution in [3.05, 3.63) is 0 Å². The molecule has 0 radical (unpaired) electrons. The minimum Gasteiger partial charge on any atom is -0.465 e. The highest BCUT2D eigenvalue weighted by atomic mass is 35.5. The number of carbonyl (C=O) groups excluding carboxylic acids is 1. The first-order chi connectivity index (χ1) is 7.04. The van der Waals surface area contributed by atoms with Gasteiger partial charge in [-0.2, -0.15) is 0 Å². The van der Waals surface area contributed by atoms with Gasteiger partial charge in [0.15, 0.2) is 0 Å². The van der Waals surface area contributed by atoms with E-state index in [1.807, 2.05) is 0 Å². The molecule has 0 saturated carbocycles. The maximum absolute atomic E-state index is 11.9. The molecule has 1 aliphatic heterocycles. The average Bonchev–Trinajstić information content (AvgIpc) is 2.18. The Morgan fingerprint density at radius 2 is 1.69 bits per heavy atom. The van der Waals surface area contributed by atoms with E-state index in [0.29, 0.717) is 13.1 Å². The predicted molar refractivity (Wildman–Crippen MR) is 63.1 cm³/mol. The maximum atomic E-state index is 11.9. The van der Waals surface area contributed by atoms with E-state index in [9.17, 15) is 9.59 Å². The van der Waals surface area contributed by atoms with E-state index in [-0.39, 0.29) is 24.5 Å². The van der Waals surface area contributed by atoms with E-state index < -0.39 is 6.09 Å². The van der Waals surface area contributed by atoms with Crippen molar-refractivity contribution in [2.24, 2.45) is 0 Å². The molecule has 1 saturated heterocycles. The van der Waals surface area contributed by atoms with Crippen LogP contribution >= 0.6 is 12.4 Å². The first-order valence-electron chi connectivity index (χ1n) is 5.35. The van der Waals surface area contributed by atoms with E-state index >= 15 is 0 Å². The summed E-state index contributed by atoms with van der Waals surface area (Å²) in [6.45, 7) is 4.76. The van der Waals surface area contributed by atoms with Gasteiger partial charge in [-0.05, 0) is 33.1 Å². The lowest BCUT2D eigenvalue weighted by molar-refractivity contribution is 0.113. The maximum Gasteiger partial charge on any atom is 0.415 e. The smallest absolute Gasteiger partial charge is 0.415 e. The van der Waals surface area contributed by atoms with Crippen LogP contribution in [0, 0.1) is 0 Å². The third-order valence-corrected chi connectivity index (χ3v) is 2.56. The Balaban J connectivity index is 0.00000225. The average molecular weight is 251 g/mol. The van der Waals surface area contributed by atoms with Crippen LogP contribution in [0.15, 0.2) is 0 Å². The molecule has 16 heavy (non-hydrogen) atoms. The van der Waals surface area contributed by atoms with Crippen molar-refractivity contribution < 1.29 is 14.7 Å². The van der Waals surface area contributed by atoms with Gasteiger partial charge >= 0.3 is 12.1 Å². The van der Waals surface area contributed by atoms with Crippen LogP contribution in [-0.4, -0.2) is 46.2 Å². The van der Waals surface area contributed by atoms with Crippen molar-refractivity contribution in [1.29, 1.82) is 0 Å². The van der Waals surface area contributed by atoms with Crippen molar-refractivity contribution in [1.82, 2.24) is 9.80 Å². The second-order valence-electron chi connectivity index (χ2n) is 4.08. The molecule has 0 spiro atoms. The van der Waals surface area contributed by atoms with Gasteiger partial charge in [0.2, 0.25) is 0 Å². The van der Waals surface area contributed by atoms with Crippen LogP contribution in [0.2, 0.25) is 0 Å². The molecule has 5 nitrogen and oxygen atoms in total. The van der Waals surface area contributed by atoms with Gasteiger partial charge in [0.25, 0.3) is 0 Å². The van der Waals surface area contributed by atoms with Crippen LogP contribution in [-0.2, 0) is 0 Å².